The zero-order valence-electron chi connectivity index (χ0n) is 18.4. The van der Waals surface area contributed by atoms with Gasteiger partial charge in [0.2, 0.25) is 11.6 Å². The van der Waals surface area contributed by atoms with E-state index in [9.17, 15) is 14.4 Å². The van der Waals surface area contributed by atoms with Gasteiger partial charge in [-0.15, -0.1) is 0 Å². The molecule has 7 heteroatoms. The van der Waals surface area contributed by atoms with Crippen LogP contribution in [-0.2, 0) is 16.1 Å². The van der Waals surface area contributed by atoms with Crippen molar-refractivity contribution in [2.75, 3.05) is 37.6 Å². The molecule has 3 aliphatic rings. The zero-order valence-corrected chi connectivity index (χ0v) is 18.4. The first kappa shape index (κ1) is 20.7. The molecule has 3 heterocycles. The fraction of sp³-hybridized carbons (Fsp3) is 0.400. The van der Waals surface area contributed by atoms with Gasteiger partial charge in [0.15, 0.2) is 0 Å². The molecule has 7 nitrogen and oxygen atoms in total. The number of para-hydroxylation sites is 1. The summed E-state index contributed by atoms with van der Waals surface area (Å²) >= 11 is 0. The van der Waals surface area contributed by atoms with Gasteiger partial charge in [-0.25, -0.2) is 0 Å². The van der Waals surface area contributed by atoms with E-state index in [1.54, 1.807) is 28.0 Å². The van der Waals surface area contributed by atoms with Crippen LogP contribution < -0.4 is 4.90 Å². The van der Waals surface area contributed by atoms with Crippen molar-refractivity contribution in [2.24, 2.45) is 0 Å². The summed E-state index contributed by atoms with van der Waals surface area (Å²) in [6, 6.07) is 16.8. The highest BCUT2D eigenvalue weighted by molar-refractivity contribution is 6.16. The quantitative estimate of drug-likeness (QED) is 0.744. The van der Waals surface area contributed by atoms with E-state index in [1.165, 1.54) is 0 Å². The summed E-state index contributed by atoms with van der Waals surface area (Å²) in [5.41, 5.74) is 0.637. The highest BCUT2D eigenvalue weighted by Crippen LogP contribution is 2.46. The van der Waals surface area contributed by atoms with E-state index in [-0.39, 0.29) is 30.7 Å². The molecule has 0 bridgehead atoms. The lowest BCUT2D eigenvalue weighted by atomic mass is 9.94. The third-order valence-corrected chi connectivity index (χ3v) is 7.01. The summed E-state index contributed by atoms with van der Waals surface area (Å²) < 4.78 is 0. The molecule has 3 amide bonds. The lowest BCUT2D eigenvalue weighted by Crippen LogP contribution is -2.71. The first-order chi connectivity index (χ1) is 15.6. The average Bonchev–Trinajstić information content (AvgIpc) is 3.20. The van der Waals surface area contributed by atoms with Gasteiger partial charge in [-0.2, -0.15) is 0 Å². The van der Waals surface area contributed by atoms with Gasteiger partial charge in [-0.05, 0) is 24.2 Å². The monoisotopic (exact) mass is 432 g/mol. The Morgan fingerprint density at radius 1 is 0.938 bits per heavy atom. The summed E-state index contributed by atoms with van der Waals surface area (Å²) in [7, 11) is 0. The smallest absolute Gasteiger partial charge is 0.270 e. The molecule has 1 unspecified atom stereocenters. The zero-order chi connectivity index (χ0) is 22.3. The SMILES string of the molecule is CCN1CCN(C(=O)C23CCC(=O)N2c2ccccc2C(=O)N3Cc2ccccc2)CC1. The second kappa shape index (κ2) is 8.06. The van der Waals surface area contributed by atoms with Gasteiger partial charge in [-0.1, -0.05) is 49.4 Å². The van der Waals surface area contributed by atoms with Crippen LogP contribution in [0.4, 0.5) is 5.69 Å². The summed E-state index contributed by atoms with van der Waals surface area (Å²) in [6.45, 7) is 6.15. The molecule has 2 saturated heterocycles. The average molecular weight is 433 g/mol. The highest BCUT2D eigenvalue weighted by Gasteiger charge is 2.61. The lowest BCUT2D eigenvalue weighted by molar-refractivity contribution is -0.146. The molecular formula is C25H28N4O3. The maximum Gasteiger partial charge on any atom is 0.270 e. The van der Waals surface area contributed by atoms with Gasteiger partial charge in [0.25, 0.3) is 11.8 Å². The molecule has 0 saturated carbocycles. The Balaban J connectivity index is 1.61. The summed E-state index contributed by atoms with van der Waals surface area (Å²) in [5, 5.41) is 0. The number of piperazine rings is 1. The van der Waals surface area contributed by atoms with E-state index < -0.39 is 5.66 Å². The van der Waals surface area contributed by atoms with E-state index in [1.807, 2.05) is 41.3 Å². The summed E-state index contributed by atoms with van der Waals surface area (Å²) in [6.07, 6.45) is 0.555. The Bertz CT molecular complexity index is 1050. The number of hydrogen-bond donors (Lipinski definition) is 0. The van der Waals surface area contributed by atoms with E-state index >= 15 is 0 Å². The van der Waals surface area contributed by atoms with Gasteiger partial charge < -0.3 is 14.7 Å². The predicted octanol–water partition coefficient (Wildman–Crippen LogP) is 2.33. The number of benzene rings is 2. The summed E-state index contributed by atoms with van der Waals surface area (Å²) in [5.74, 6) is -0.447. The molecule has 0 aliphatic carbocycles. The molecule has 0 radical (unpaired) electrons. The van der Waals surface area contributed by atoms with Crippen LogP contribution >= 0.6 is 0 Å². The Kier molecular flexibility index (Phi) is 5.21. The molecule has 1 atom stereocenters. The molecule has 2 aromatic rings. The molecule has 0 N–H and O–H groups in total. The van der Waals surface area contributed by atoms with E-state index in [4.69, 9.17) is 0 Å². The maximum atomic E-state index is 14.2. The van der Waals surface area contributed by atoms with Crippen LogP contribution in [0.25, 0.3) is 0 Å². The number of likely N-dealkylation sites (N-methyl/N-ethyl adjacent to an activating group) is 1. The molecule has 5 rings (SSSR count). The Morgan fingerprint density at radius 2 is 1.62 bits per heavy atom. The molecular weight excluding hydrogens is 404 g/mol. The highest BCUT2D eigenvalue weighted by atomic mass is 16.2. The Morgan fingerprint density at radius 3 is 2.34 bits per heavy atom. The fourth-order valence-electron chi connectivity index (χ4n) is 5.27. The third-order valence-electron chi connectivity index (χ3n) is 7.01. The van der Waals surface area contributed by atoms with Gasteiger partial charge in [-0.3, -0.25) is 19.3 Å². The molecule has 0 aromatic heterocycles. The van der Waals surface area contributed by atoms with Crippen molar-refractivity contribution in [3.63, 3.8) is 0 Å². The second-order valence-electron chi connectivity index (χ2n) is 8.67. The van der Waals surface area contributed by atoms with E-state index in [0.717, 1.165) is 25.2 Å². The minimum atomic E-state index is -1.31. The lowest BCUT2D eigenvalue weighted by Gasteiger charge is -2.51. The van der Waals surface area contributed by atoms with Crippen molar-refractivity contribution >= 4 is 23.4 Å². The van der Waals surface area contributed by atoms with Crippen LogP contribution in [0, 0.1) is 0 Å². The molecule has 2 aromatic carbocycles. The van der Waals surface area contributed by atoms with Gasteiger partial charge in [0.1, 0.15) is 0 Å². The van der Waals surface area contributed by atoms with Gasteiger partial charge >= 0.3 is 0 Å². The van der Waals surface area contributed by atoms with Crippen molar-refractivity contribution in [1.82, 2.24) is 14.7 Å². The van der Waals surface area contributed by atoms with Crippen LogP contribution in [0.3, 0.4) is 0 Å². The second-order valence-corrected chi connectivity index (χ2v) is 8.67. The number of carbonyl (C=O) groups is 3. The number of rotatable bonds is 4. The molecule has 166 valence electrons. The van der Waals surface area contributed by atoms with Crippen LogP contribution in [0.1, 0.15) is 35.7 Å². The van der Waals surface area contributed by atoms with Crippen molar-refractivity contribution < 1.29 is 14.4 Å². The van der Waals surface area contributed by atoms with Crippen LogP contribution in [0.2, 0.25) is 0 Å². The molecule has 2 fully saturated rings. The van der Waals surface area contributed by atoms with E-state index in [0.29, 0.717) is 30.8 Å². The topological polar surface area (TPSA) is 64.2 Å². The predicted molar refractivity (Wildman–Crippen MR) is 121 cm³/mol. The van der Waals surface area contributed by atoms with Crippen LogP contribution in [-0.4, -0.2) is 70.8 Å². The molecule has 32 heavy (non-hydrogen) atoms. The number of hydrogen-bond acceptors (Lipinski definition) is 4. The largest absolute Gasteiger partial charge is 0.336 e. The first-order valence-electron chi connectivity index (χ1n) is 11.4. The number of amides is 3. The summed E-state index contributed by atoms with van der Waals surface area (Å²) in [4.78, 5) is 48.5. The normalized spacial score (nSPS) is 23.3. The maximum absolute atomic E-state index is 14.2. The van der Waals surface area contributed by atoms with Crippen LogP contribution in [0.5, 0.6) is 0 Å². The first-order valence-corrected chi connectivity index (χ1v) is 11.4. The minimum Gasteiger partial charge on any atom is -0.336 e. The fourth-order valence-corrected chi connectivity index (χ4v) is 5.27. The molecule has 0 spiro atoms. The Hall–Kier alpha value is -3.19. The van der Waals surface area contributed by atoms with Crippen molar-refractivity contribution in [2.45, 2.75) is 32.0 Å². The standard InChI is InChI=1S/C25H28N4O3/c1-2-26-14-16-27(17-15-26)24(32)25-13-12-22(30)29(25)21-11-7-6-10-20(21)23(31)28(25)18-19-8-4-3-5-9-19/h3-11H,2,12-18H2,1H3. The number of carbonyl (C=O) groups excluding carboxylic acids is 3. The number of anilines is 1. The van der Waals surface area contributed by atoms with Gasteiger partial charge in [0.05, 0.1) is 11.3 Å². The Labute approximate surface area is 188 Å². The number of nitrogens with zero attached hydrogens (tertiary/aromatic N) is 4. The van der Waals surface area contributed by atoms with Crippen molar-refractivity contribution in [3.05, 3.63) is 65.7 Å². The van der Waals surface area contributed by atoms with Gasteiger partial charge in [0, 0.05) is 45.6 Å². The van der Waals surface area contributed by atoms with Crippen molar-refractivity contribution in [3.8, 4) is 0 Å². The third kappa shape index (κ3) is 3.11. The minimum absolute atomic E-state index is 0.108. The molecule has 3 aliphatic heterocycles. The van der Waals surface area contributed by atoms with E-state index in [2.05, 4.69) is 11.8 Å². The van der Waals surface area contributed by atoms with Crippen LogP contribution in [0.15, 0.2) is 54.6 Å². The van der Waals surface area contributed by atoms with Crippen molar-refractivity contribution in [1.29, 1.82) is 0 Å². The number of fused-ring (bicyclic) bond motifs is 3.